The van der Waals surface area contributed by atoms with Crippen LogP contribution in [0.5, 0.6) is 11.5 Å². The second-order valence-electron chi connectivity index (χ2n) is 6.37. The number of hydrogen-bond donors (Lipinski definition) is 1. The first kappa shape index (κ1) is 17.4. The van der Waals surface area contributed by atoms with Crippen molar-refractivity contribution < 1.29 is 19.0 Å². The number of fused-ring (bicyclic) bond motifs is 1. The molecule has 1 N–H and O–H groups in total. The van der Waals surface area contributed by atoms with Crippen LogP contribution >= 0.6 is 0 Å². The number of carbonyl (C=O) groups is 1. The highest BCUT2D eigenvalue weighted by molar-refractivity contribution is 6.02. The van der Waals surface area contributed by atoms with Crippen molar-refractivity contribution in [3.05, 3.63) is 54.1 Å². The maximum absolute atomic E-state index is 12.2. The number of anilines is 2. The third-order valence-corrected chi connectivity index (χ3v) is 4.50. The zero-order chi connectivity index (χ0) is 18.5. The van der Waals surface area contributed by atoms with Gasteiger partial charge in [0.15, 0.2) is 11.5 Å². The average molecular weight is 366 g/mol. The molecule has 0 atom stereocenters. The minimum atomic E-state index is -0.177. The van der Waals surface area contributed by atoms with Gasteiger partial charge in [0, 0.05) is 30.5 Å². The van der Waals surface area contributed by atoms with E-state index in [4.69, 9.17) is 14.2 Å². The molecule has 0 saturated carbocycles. The molecule has 0 aromatic heterocycles. The summed E-state index contributed by atoms with van der Waals surface area (Å²) in [6.07, 6.45) is 3.27. The molecule has 2 aromatic carbocycles. The molecule has 6 heteroatoms. The molecule has 2 heterocycles. The lowest BCUT2D eigenvalue weighted by atomic mass is 10.2. The van der Waals surface area contributed by atoms with E-state index in [1.54, 1.807) is 6.08 Å². The second kappa shape index (κ2) is 8.14. The molecule has 1 amide bonds. The molecule has 0 spiro atoms. The second-order valence-corrected chi connectivity index (χ2v) is 6.37. The van der Waals surface area contributed by atoms with E-state index in [0.29, 0.717) is 19.0 Å². The number of rotatable bonds is 4. The van der Waals surface area contributed by atoms with Crippen molar-refractivity contribution >= 4 is 23.4 Å². The molecule has 0 aliphatic carbocycles. The van der Waals surface area contributed by atoms with Crippen LogP contribution in [0.1, 0.15) is 5.56 Å². The lowest BCUT2D eigenvalue weighted by molar-refractivity contribution is -0.111. The minimum Gasteiger partial charge on any atom is -0.486 e. The standard InChI is InChI=1S/C21H22N2O4/c24-21(8-2-16-1-7-19-20(15-16)27-14-13-26-19)22-17-3-5-18(6-4-17)23-9-11-25-12-10-23/h1-8,15H,9-14H2,(H,22,24)/b8-2+. The highest BCUT2D eigenvalue weighted by Crippen LogP contribution is 2.31. The van der Waals surface area contributed by atoms with Crippen LogP contribution in [0.4, 0.5) is 11.4 Å². The highest BCUT2D eigenvalue weighted by atomic mass is 16.6. The molecule has 2 aliphatic heterocycles. The van der Waals surface area contributed by atoms with Crippen molar-refractivity contribution in [1.82, 2.24) is 0 Å². The maximum atomic E-state index is 12.2. The van der Waals surface area contributed by atoms with E-state index >= 15 is 0 Å². The fourth-order valence-electron chi connectivity index (χ4n) is 3.10. The summed E-state index contributed by atoms with van der Waals surface area (Å²) in [4.78, 5) is 14.5. The largest absolute Gasteiger partial charge is 0.486 e. The molecule has 0 unspecified atom stereocenters. The van der Waals surface area contributed by atoms with Crippen molar-refractivity contribution in [2.45, 2.75) is 0 Å². The Hall–Kier alpha value is -2.99. The van der Waals surface area contributed by atoms with Crippen LogP contribution < -0.4 is 19.7 Å². The van der Waals surface area contributed by atoms with E-state index < -0.39 is 0 Å². The SMILES string of the molecule is O=C(/C=C/c1ccc2c(c1)OCCO2)Nc1ccc(N2CCOCC2)cc1. The normalized spacial score (nSPS) is 16.4. The van der Waals surface area contributed by atoms with Crippen molar-refractivity contribution in [2.75, 3.05) is 49.7 Å². The van der Waals surface area contributed by atoms with Crippen molar-refractivity contribution in [3.8, 4) is 11.5 Å². The van der Waals surface area contributed by atoms with Gasteiger partial charge in [0.25, 0.3) is 0 Å². The number of hydrogen-bond acceptors (Lipinski definition) is 5. The van der Waals surface area contributed by atoms with E-state index in [2.05, 4.69) is 10.2 Å². The number of ether oxygens (including phenoxy) is 3. The maximum Gasteiger partial charge on any atom is 0.248 e. The first-order chi connectivity index (χ1) is 13.3. The number of morpholine rings is 1. The average Bonchev–Trinajstić information content (AvgIpc) is 2.73. The Morgan fingerprint density at radius 1 is 0.926 bits per heavy atom. The fourth-order valence-corrected chi connectivity index (χ4v) is 3.10. The van der Waals surface area contributed by atoms with Gasteiger partial charge >= 0.3 is 0 Å². The van der Waals surface area contributed by atoms with Crippen LogP contribution in [-0.2, 0) is 9.53 Å². The summed E-state index contributed by atoms with van der Waals surface area (Å²) in [7, 11) is 0. The molecule has 6 nitrogen and oxygen atoms in total. The Morgan fingerprint density at radius 2 is 1.67 bits per heavy atom. The zero-order valence-electron chi connectivity index (χ0n) is 15.0. The highest BCUT2D eigenvalue weighted by Gasteiger charge is 2.12. The van der Waals surface area contributed by atoms with Crippen molar-refractivity contribution in [1.29, 1.82) is 0 Å². The number of nitrogens with zero attached hydrogens (tertiary/aromatic N) is 1. The van der Waals surface area contributed by atoms with Gasteiger partial charge in [0.1, 0.15) is 13.2 Å². The Labute approximate surface area is 158 Å². The lowest BCUT2D eigenvalue weighted by Gasteiger charge is -2.28. The summed E-state index contributed by atoms with van der Waals surface area (Å²) < 4.78 is 16.4. The Kier molecular flexibility index (Phi) is 5.25. The van der Waals surface area contributed by atoms with E-state index in [1.165, 1.54) is 6.08 Å². The smallest absolute Gasteiger partial charge is 0.248 e. The summed E-state index contributed by atoms with van der Waals surface area (Å²) >= 11 is 0. The number of carbonyl (C=O) groups excluding carboxylic acids is 1. The molecule has 4 rings (SSSR count). The summed E-state index contributed by atoms with van der Waals surface area (Å²) in [5, 5.41) is 2.88. The minimum absolute atomic E-state index is 0.177. The third-order valence-electron chi connectivity index (χ3n) is 4.50. The number of nitrogens with one attached hydrogen (secondary N) is 1. The molecule has 27 heavy (non-hydrogen) atoms. The molecular formula is C21H22N2O4. The molecule has 2 aromatic rings. The molecule has 0 bridgehead atoms. The Balaban J connectivity index is 1.35. The third kappa shape index (κ3) is 4.41. The van der Waals surface area contributed by atoms with Crippen LogP contribution in [0.25, 0.3) is 6.08 Å². The van der Waals surface area contributed by atoms with Gasteiger partial charge in [-0.25, -0.2) is 0 Å². The van der Waals surface area contributed by atoms with E-state index in [9.17, 15) is 4.79 Å². The quantitative estimate of drug-likeness (QED) is 0.843. The topological polar surface area (TPSA) is 60.0 Å². The van der Waals surface area contributed by atoms with E-state index in [-0.39, 0.29) is 5.91 Å². The zero-order valence-corrected chi connectivity index (χ0v) is 15.0. The summed E-state index contributed by atoms with van der Waals surface area (Å²) in [6.45, 7) is 4.40. The summed E-state index contributed by atoms with van der Waals surface area (Å²) in [5.74, 6) is 1.27. The predicted octanol–water partition coefficient (Wildman–Crippen LogP) is 2.95. The molecular weight excluding hydrogens is 344 g/mol. The molecule has 1 fully saturated rings. The Bertz CT molecular complexity index is 827. The van der Waals surface area contributed by atoms with Crippen LogP contribution in [0.15, 0.2) is 48.5 Å². The van der Waals surface area contributed by atoms with Crippen molar-refractivity contribution in [2.24, 2.45) is 0 Å². The van der Waals surface area contributed by atoms with Gasteiger partial charge in [-0.3, -0.25) is 4.79 Å². The van der Waals surface area contributed by atoms with Gasteiger partial charge in [-0.05, 0) is 48.0 Å². The van der Waals surface area contributed by atoms with Gasteiger partial charge in [0.05, 0.1) is 13.2 Å². The summed E-state index contributed by atoms with van der Waals surface area (Å²) in [5.41, 5.74) is 2.80. The van der Waals surface area contributed by atoms with Crippen LogP contribution in [0.2, 0.25) is 0 Å². The van der Waals surface area contributed by atoms with Crippen molar-refractivity contribution in [3.63, 3.8) is 0 Å². The van der Waals surface area contributed by atoms with E-state index in [0.717, 1.165) is 49.0 Å². The number of benzene rings is 2. The first-order valence-electron chi connectivity index (χ1n) is 9.09. The summed E-state index contributed by atoms with van der Waals surface area (Å²) in [6, 6.07) is 13.5. The molecule has 140 valence electrons. The monoisotopic (exact) mass is 366 g/mol. The van der Waals surface area contributed by atoms with Crippen LogP contribution in [-0.4, -0.2) is 45.4 Å². The van der Waals surface area contributed by atoms with Crippen LogP contribution in [0.3, 0.4) is 0 Å². The first-order valence-corrected chi connectivity index (χ1v) is 9.09. The predicted molar refractivity (Wildman–Crippen MR) is 105 cm³/mol. The van der Waals surface area contributed by atoms with Gasteiger partial charge in [-0.15, -0.1) is 0 Å². The van der Waals surface area contributed by atoms with Crippen LogP contribution in [0, 0.1) is 0 Å². The lowest BCUT2D eigenvalue weighted by Crippen LogP contribution is -2.36. The Morgan fingerprint density at radius 3 is 2.44 bits per heavy atom. The molecule has 0 radical (unpaired) electrons. The fraction of sp³-hybridized carbons (Fsp3) is 0.286. The van der Waals surface area contributed by atoms with Gasteiger partial charge in [-0.2, -0.15) is 0 Å². The molecule has 2 aliphatic rings. The molecule has 1 saturated heterocycles. The van der Waals surface area contributed by atoms with E-state index in [1.807, 2.05) is 42.5 Å². The van der Waals surface area contributed by atoms with Gasteiger partial charge < -0.3 is 24.4 Å². The van der Waals surface area contributed by atoms with Gasteiger partial charge in [-0.1, -0.05) is 6.07 Å². The van der Waals surface area contributed by atoms with Gasteiger partial charge in [0.2, 0.25) is 5.91 Å². The number of amides is 1.